The molecule has 0 unspecified atom stereocenters. The Bertz CT molecular complexity index is 879. The number of rotatable bonds is 4. The molecule has 0 radical (unpaired) electrons. The number of quaternary nitrogens is 1. The van der Waals surface area contributed by atoms with Crippen molar-refractivity contribution in [2.24, 2.45) is 0 Å². The molecule has 1 aromatic heterocycles. The number of hydrogen-bond donors (Lipinski definition) is 2. The lowest BCUT2D eigenvalue weighted by Crippen LogP contribution is -3.00. The smallest absolute Gasteiger partial charge is 0.264 e. The molecule has 0 fully saturated rings. The predicted molar refractivity (Wildman–Crippen MR) is 92.2 cm³/mol. The minimum absolute atomic E-state index is 0. The zero-order valence-corrected chi connectivity index (χ0v) is 15.0. The van der Waals surface area contributed by atoms with Crippen molar-refractivity contribution < 1.29 is 18.1 Å². The molecule has 0 aliphatic heterocycles. The largest absolute Gasteiger partial charge is 1.00 e. The van der Waals surface area contributed by atoms with Crippen LogP contribution in [0, 0.1) is 0 Å². The molecule has 0 atom stereocenters. The maximum absolute atomic E-state index is 11.1. The van der Waals surface area contributed by atoms with Crippen LogP contribution in [0.15, 0.2) is 69.2 Å². The second kappa shape index (κ2) is 8.35. The van der Waals surface area contributed by atoms with Gasteiger partial charge in [0, 0.05) is 28.5 Å². The molecule has 0 aliphatic rings. The molecule has 4 nitrogen and oxygen atoms in total. The summed E-state index contributed by atoms with van der Waals surface area (Å²) in [5.41, 5.74) is 6.78. The summed E-state index contributed by atoms with van der Waals surface area (Å²) in [7, 11) is 0. The van der Waals surface area contributed by atoms with Gasteiger partial charge in [0.25, 0.3) is 5.56 Å². The summed E-state index contributed by atoms with van der Waals surface area (Å²) >= 11 is 7.67. The minimum atomic E-state index is -0.195. The highest BCUT2D eigenvalue weighted by atomic mass is 35.5. The number of halogens is 2. The molecule has 0 saturated heterocycles. The van der Waals surface area contributed by atoms with E-state index >= 15 is 0 Å². The molecular weight excluding hydrogens is 365 g/mol. The standard InChI is InChI=1S/C17H14ClN3OS.ClH/c18-12-2-1-3-14(10-12)23-16-9-11(4-6-15(16)19)8-13-5-7-17(22)21-20-13;/h1-7,9-10H,8,19H2,(H,21,22);1H. The predicted octanol–water partition coefficient (Wildman–Crippen LogP) is 0.0427. The number of benzene rings is 2. The van der Waals surface area contributed by atoms with E-state index in [-0.39, 0.29) is 18.0 Å². The third kappa shape index (κ3) is 4.85. The summed E-state index contributed by atoms with van der Waals surface area (Å²) in [4.78, 5) is 13.2. The van der Waals surface area contributed by atoms with Gasteiger partial charge in [0.15, 0.2) is 0 Å². The first-order valence-electron chi connectivity index (χ1n) is 7.03. The molecule has 0 amide bonds. The topological polar surface area (TPSA) is 73.4 Å². The van der Waals surface area contributed by atoms with Crippen LogP contribution in [0.3, 0.4) is 0 Å². The summed E-state index contributed by atoms with van der Waals surface area (Å²) < 4.78 is 0. The van der Waals surface area contributed by atoms with Gasteiger partial charge in [0.05, 0.1) is 10.6 Å². The highest BCUT2D eigenvalue weighted by Gasteiger charge is 2.08. The van der Waals surface area contributed by atoms with Crippen LogP contribution in [0.5, 0.6) is 0 Å². The summed E-state index contributed by atoms with van der Waals surface area (Å²) in [6, 6.07) is 17.1. The maximum Gasteiger partial charge on any atom is 0.264 e. The molecule has 0 saturated carbocycles. The fraction of sp³-hybridized carbons (Fsp3) is 0.0588. The van der Waals surface area contributed by atoms with Gasteiger partial charge < -0.3 is 18.1 Å². The van der Waals surface area contributed by atoms with Crippen LogP contribution < -0.4 is 23.7 Å². The molecule has 124 valence electrons. The number of hydrogen-bond acceptors (Lipinski definition) is 3. The summed E-state index contributed by atoms with van der Waals surface area (Å²) in [6.45, 7) is 0. The van der Waals surface area contributed by atoms with Crippen molar-refractivity contribution in [2.75, 3.05) is 0 Å². The van der Waals surface area contributed by atoms with Crippen molar-refractivity contribution in [3.63, 3.8) is 0 Å². The number of aromatic amines is 1. The first-order chi connectivity index (χ1) is 11.1. The fourth-order valence-electron chi connectivity index (χ4n) is 2.14. The Morgan fingerprint density at radius 1 is 1.12 bits per heavy atom. The molecule has 0 spiro atoms. The Kier molecular flexibility index (Phi) is 6.45. The van der Waals surface area contributed by atoms with Crippen molar-refractivity contribution in [3.8, 4) is 0 Å². The van der Waals surface area contributed by atoms with E-state index in [1.165, 1.54) is 6.07 Å². The summed E-state index contributed by atoms with van der Waals surface area (Å²) in [5.74, 6) is 0. The van der Waals surface area contributed by atoms with Crippen molar-refractivity contribution in [1.82, 2.24) is 10.2 Å². The highest BCUT2D eigenvalue weighted by Crippen LogP contribution is 2.33. The number of H-pyrrole nitrogens is 1. The van der Waals surface area contributed by atoms with Crippen LogP contribution in [0.25, 0.3) is 0 Å². The van der Waals surface area contributed by atoms with Crippen molar-refractivity contribution in [3.05, 3.63) is 81.2 Å². The van der Waals surface area contributed by atoms with Crippen molar-refractivity contribution in [1.29, 1.82) is 0 Å². The van der Waals surface area contributed by atoms with Gasteiger partial charge in [-0.25, -0.2) is 5.10 Å². The van der Waals surface area contributed by atoms with E-state index in [9.17, 15) is 4.79 Å². The van der Waals surface area contributed by atoms with Gasteiger partial charge in [-0.15, -0.1) is 0 Å². The molecule has 24 heavy (non-hydrogen) atoms. The van der Waals surface area contributed by atoms with E-state index in [1.807, 2.05) is 36.4 Å². The average molecular weight is 380 g/mol. The van der Waals surface area contributed by atoms with Gasteiger partial charge in [-0.2, -0.15) is 5.10 Å². The van der Waals surface area contributed by atoms with E-state index < -0.39 is 0 Å². The van der Waals surface area contributed by atoms with Crippen molar-refractivity contribution in [2.45, 2.75) is 16.2 Å². The zero-order chi connectivity index (χ0) is 16.2. The molecule has 2 aromatic carbocycles. The first kappa shape index (κ1) is 18.5. The normalized spacial score (nSPS) is 10.2. The second-order valence-corrected chi connectivity index (χ2v) is 6.64. The van der Waals surface area contributed by atoms with Gasteiger partial charge in [0.2, 0.25) is 0 Å². The molecule has 3 aromatic rings. The van der Waals surface area contributed by atoms with Crippen LogP contribution in [-0.2, 0) is 6.42 Å². The van der Waals surface area contributed by atoms with E-state index in [0.717, 1.165) is 26.7 Å². The second-order valence-electron chi connectivity index (χ2n) is 5.09. The quantitative estimate of drug-likeness (QED) is 0.672. The fourth-order valence-corrected chi connectivity index (χ4v) is 3.39. The van der Waals surface area contributed by atoms with Gasteiger partial charge >= 0.3 is 0 Å². The molecular formula is C17H15Cl2N3OS. The highest BCUT2D eigenvalue weighted by molar-refractivity contribution is 7.99. The molecule has 4 N–H and O–H groups in total. The number of aromatic nitrogens is 2. The van der Waals surface area contributed by atoms with Gasteiger partial charge in [0.1, 0.15) is 5.69 Å². The SMILES string of the molecule is [Cl-].[NH3+]c1ccc(Cc2ccc(=O)[nH]n2)cc1Sc1cccc(Cl)c1. The van der Waals surface area contributed by atoms with Crippen LogP contribution in [0.2, 0.25) is 5.02 Å². The zero-order valence-electron chi connectivity index (χ0n) is 12.6. The Morgan fingerprint density at radius 2 is 1.96 bits per heavy atom. The molecule has 7 heteroatoms. The third-order valence-corrected chi connectivity index (χ3v) is 4.60. The van der Waals surface area contributed by atoms with Gasteiger partial charge in [-0.05, 0) is 35.9 Å². The lowest BCUT2D eigenvalue weighted by molar-refractivity contribution is -0.258. The lowest BCUT2D eigenvalue weighted by atomic mass is 10.1. The van der Waals surface area contributed by atoms with Gasteiger partial charge in [-0.3, -0.25) is 4.79 Å². The van der Waals surface area contributed by atoms with Crippen LogP contribution in [-0.4, -0.2) is 10.2 Å². The number of nitrogens with zero attached hydrogens (tertiary/aromatic N) is 1. The van der Waals surface area contributed by atoms with Gasteiger partial charge in [-0.1, -0.05) is 35.5 Å². The van der Waals surface area contributed by atoms with Crippen LogP contribution >= 0.6 is 23.4 Å². The maximum atomic E-state index is 11.1. The van der Waals surface area contributed by atoms with Crippen LogP contribution in [0.4, 0.5) is 5.69 Å². The first-order valence-corrected chi connectivity index (χ1v) is 8.22. The average Bonchev–Trinajstić information content (AvgIpc) is 2.53. The molecule has 3 rings (SSSR count). The summed E-state index contributed by atoms with van der Waals surface area (Å²) in [6.07, 6.45) is 0.653. The Balaban J connectivity index is 0.00000208. The Labute approximate surface area is 154 Å². The van der Waals surface area contributed by atoms with Crippen LogP contribution in [0.1, 0.15) is 11.3 Å². The van der Waals surface area contributed by atoms with Crippen molar-refractivity contribution >= 4 is 29.1 Å². The van der Waals surface area contributed by atoms with E-state index in [0.29, 0.717) is 11.4 Å². The minimum Gasteiger partial charge on any atom is -1.00 e. The van der Waals surface area contributed by atoms with E-state index in [4.69, 9.17) is 11.6 Å². The van der Waals surface area contributed by atoms with E-state index in [2.05, 4.69) is 22.0 Å². The molecule has 0 bridgehead atoms. The number of nitrogens with one attached hydrogen (secondary N) is 1. The molecule has 0 aliphatic carbocycles. The lowest BCUT2D eigenvalue weighted by Gasteiger charge is -2.07. The monoisotopic (exact) mass is 379 g/mol. The Hall–Kier alpha value is -1.79. The third-order valence-electron chi connectivity index (χ3n) is 3.28. The summed E-state index contributed by atoms with van der Waals surface area (Å²) in [5, 5.41) is 7.22. The Morgan fingerprint density at radius 3 is 2.67 bits per heavy atom. The van der Waals surface area contributed by atoms with E-state index in [1.54, 1.807) is 17.8 Å². The molecule has 1 heterocycles.